The summed E-state index contributed by atoms with van der Waals surface area (Å²) in [6.07, 6.45) is 2.51. The maximum absolute atomic E-state index is 10.8. The predicted molar refractivity (Wildman–Crippen MR) is 103 cm³/mol. The summed E-state index contributed by atoms with van der Waals surface area (Å²) in [5.41, 5.74) is 3.57. The van der Waals surface area contributed by atoms with Crippen LogP contribution in [0, 0.1) is 17.0 Å². The molecule has 0 unspecified atom stereocenters. The van der Waals surface area contributed by atoms with Gasteiger partial charge in [0, 0.05) is 24.8 Å². The minimum atomic E-state index is -0.405. The first kappa shape index (κ1) is 16.5. The standard InChI is InChI=1S/C18H13N7O2S/c1-11-16(23-9-3-2-4-14(23)19-11)17-20-21-18-24(17)22-15(28-18)10-12-5-7-13(8-6-12)25(26)27/h2-9H,10H2,1H3. The number of rotatable bonds is 4. The van der Waals surface area contributed by atoms with E-state index in [1.807, 2.05) is 35.7 Å². The van der Waals surface area contributed by atoms with Crippen molar-refractivity contribution in [3.8, 4) is 11.5 Å². The Morgan fingerprint density at radius 3 is 2.75 bits per heavy atom. The smallest absolute Gasteiger partial charge is 0.269 e. The summed E-state index contributed by atoms with van der Waals surface area (Å²) in [5.74, 6) is 0.636. The molecule has 4 aromatic heterocycles. The first-order valence-electron chi connectivity index (χ1n) is 8.48. The lowest BCUT2D eigenvalue weighted by Gasteiger charge is -1.99. The van der Waals surface area contributed by atoms with Crippen molar-refractivity contribution in [3.63, 3.8) is 0 Å². The molecule has 0 spiro atoms. The van der Waals surface area contributed by atoms with Crippen molar-refractivity contribution < 1.29 is 4.92 Å². The Labute approximate surface area is 162 Å². The van der Waals surface area contributed by atoms with Crippen molar-refractivity contribution in [2.75, 3.05) is 0 Å². The van der Waals surface area contributed by atoms with E-state index >= 15 is 0 Å². The van der Waals surface area contributed by atoms with E-state index in [1.54, 1.807) is 16.6 Å². The molecule has 0 saturated heterocycles. The van der Waals surface area contributed by atoms with Gasteiger partial charge < -0.3 is 0 Å². The summed E-state index contributed by atoms with van der Waals surface area (Å²) in [7, 11) is 0. The molecule has 0 aliphatic heterocycles. The Balaban J connectivity index is 1.54. The lowest BCUT2D eigenvalue weighted by Crippen LogP contribution is -1.97. The fraction of sp³-hybridized carbons (Fsp3) is 0.111. The third kappa shape index (κ3) is 2.62. The van der Waals surface area contributed by atoms with Crippen molar-refractivity contribution in [2.45, 2.75) is 13.3 Å². The zero-order chi connectivity index (χ0) is 19.3. The topological polar surface area (TPSA) is 104 Å². The molecule has 5 aromatic rings. The number of aryl methyl sites for hydroxylation is 1. The minimum absolute atomic E-state index is 0.0762. The number of pyridine rings is 1. The lowest BCUT2D eigenvalue weighted by atomic mass is 10.1. The van der Waals surface area contributed by atoms with Gasteiger partial charge in [-0.05, 0) is 24.6 Å². The van der Waals surface area contributed by atoms with E-state index in [-0.39, 0.29) is 5.69 Å². The molecule has 0 N–H and O–H groups in total. The molecule has 4 heterocycles. The highest BCUT2D eigenvalue weighted by atomic mass is 32.1. The molecule has 0 saturated carbocycles. The number of benzene rings is 1. The monoisotopic (exact) mass is 391 g/mol. The van der Waals surface area contributed by atoms with Crippen molar-refractivity contribution >= 4 is 27.6 Å². The van der Waals surface area contributed by atoms with Crippen LogP contribution in [0.1, 0.15) is 16.3 Å². The number of hydrogen-bond acceptors (Lipinski definition) is 7. The van der Waals surface area contributed by atoms with Crippen LogP contribution >= 0.6 is 11.3 Å². The summed E-state index contributed by atoms with van der Waals surface area (Å²) in [6.45, 7) is 1.94. The average Bonchev–Trinajstić information content (AvgIpc) is 3.34. The molecule has 0 fully saturated rings. The summed E-state index contributed by atoms with van der Waals surface area (Å²) in [4.78, 5) is 15.7. The second kappa shape index (κ2) is 6.20. The van der Waals surface area contributed by atoms with Crippen molar-refractivity contribution in [3.05, 3.63) is 75.0 Å². The molecule has 28 heavy (non-hydrogen) atoms. The molecule has 0 aliphatic carbocycles. The molecule has 0 bridgehead atoms. The summed E-state index contributed by atoms with van der Waals surface area (Å²) in [5, 5.41) is 24.9. The fourth-order valence-corrected chi connectivity index (χ4v) is 4.04. The molecule has 0 amide bonds. The molecule has 0 atom stereocenters. The normalized spacial score (nSPS) is 11.5. The SMILES string of the molecule is Cc1nc2ccccn2c1-c1nnc2sc(Cc3ccc([N+](=O)[O-])cc3)nn12. The maximum atomic E-state index is 10.8. The number of nitro groups is 1. The lowest BCUT2D eigenvalue weighted by molar-refractivity contribution is -0.384. The van der Waals surface area contributed by atoms with Gasteiger partial charge in [0.1, 0.15) is 16.3 Å². The largest absolute Gasteiger partial charge is 0.297 e. The minimum Gasteiger partial charge on any atom is -0.297 e. The number of imidazole rings is 1. The van der Waals surface area contributed by atoms with Crippen LogP contribution in [-0.2, 0) is 6.42 Å². The van der Waals surface area contributed by atoms with Gasteiger partial charge in [-0.2, -0.15) is 9.61 Å². The summed E-state index contributed by atoms with van der Waals surface area (Å²) in [6, 6.07) is 12.3. The molecule has 138 valence electrons. The van der Waals surface area contributed by atoms with Crippen LogP contribution in [0.4, 0.5) is 5.69 Å². The van der Waals surface area contributed by atoms with Gasteiger partial charge in [-0.3, -0.25) is 14.5 Å². The van der Waals surface area contributed by atoms with Crippen LogP contribution < -0.4 is 0 Å². The third-order valence-corrected chi connectivity index (χ3v) is 5.35. The van der Waals surface area contributed by atoms with E-state index in [9.17, 15) is 10.1 Å². The van der Waals surface area contributed by atoms with Gasteiger partial charge in [0.05, 0.1) is 10.6 Å². The molecular weight excluding hydrogens is 378 g/mol. The number of fused-ring (bicyclic) bond motifs is 2. The zero-order valence-corrected chi connectivity index (χ0v) is 15.5. The van der Waals surface area contributed by atoms with E-state index in [0.717, 1.165) is 27.6 Å². The van der Waals surface area contributed by atoms with E-state index in [2.05, 4.69) is 20.3 Å². The van der Waals surface area contributed by atoms with E-state index < -0.39 is 4.92 Å². The first-order valence-corrected chi connectivity index (χ1v) is 9.30. The predicted octanol–water partition coefficient (Wildman–Crippen LogP) is 3.31. The van der Waals surface area contributed by atoms with Crippen LogP contribution in [-0.4, -0.2) is 34.1 Å². The van der Waals surface area contributed by atoms with E-state index in [4.69, 9.17) is 0 Å². The first-order chi connectivity index (χ1) is 13.6. The number of nitro benzene ring substituents is 1. The maximum Gasteiger partial charge on any atom is 0.269 e. The highest BCUT2D eigenvalue weighted by molar-refractivity contribution is 7.16. The van der Waals surface area contributed by atoms with Gasteiger partial charge in [-0.15, -0.1) is 10.2 Å². The van der Waals surface area contributed by atoms with Crippen LogP contribution in [0.5, 0.6) is 0 Å². The molecule has 9 nitrogen and oxygen atoms in total. The number of nitrogens with zero attached hydrogens (tertiary/aromatic N) is 7. The molecule has 1 aromatic carbocycles. The fourth-order valence-electron chi connectivity index (χ4n) is 3.17. The van der Waals surface area contributed by atoms with Gasteiger partial charge in [-0.25, -0.2) is 4.98 Å². The highest BCUT2D eigenvalue weighted by Gasteiger charge is 2.19. The molecular formula is C18H13N7O2S. The molecule has 5 rings (SSSR count). The van der Waals surface area contributed by atoms with Crippen LogP contribution in [0.25, 0.3) is 22.1 Å². The number of hydrogen-bond donors (Lipinski definition) is 0. The summed E-state index contributed by atoms with van der Waals surface area (Å²) < 4.78 is 3.70. The van der Waals surface area contributed by atoms with Crippen LogP contribution in [0.3, 0.4) is 0 Å². The van der Waals surface area contributed by atoms with Crippen molar-refractivity contribution in [1.29, 1.82) is 0 Å². The molecule has 10 heteroatoms. The second-order valence-electron chi connectivity index (χ2n) is 6.29. The van der Waals surface area contributed by atoms with E-state index in [0.29, 0.717) is 17.2 Å². The second-order valence-corrected chi connectivity index (χ2v) is 7.33. The van der Waals surface area contributed by atoms with Gasteiger partial charge in [0.2, 0.25) is 10.8 Å². The van der Waals surface area contributed by atoms with Crippen LogP contribution in [0.15, 0.2) is 48.7 Å². The van der Waals surface area contributed by atoms with Crippen molar-refractivity contribution in [1.82, 2.24) is 29.2 Å². The Morgan fingerprint density at radius 1 is 1.14 bits per heavy atom. The quantitative estimate of drug-likeness (QED) is 0.344. The Bertz CT molecular complexity index is 1330. The zero-order valence-electron chi connectivity index (χ0n) is 14.7. The Morgan fingerprint density at radius 2 is 1.96 bits per heavy atom. The van der Waals surface area contributed by atoms with Crippen LogP contribution in [0.2, 0.25) is 0 Å². The van der Waals surface area contributed by atoms with Gasteiger partial charge in [-0.1, -0.05) is 29.5 Å². The summed E-state index contributed by atoms with van der Waals surface area (Å²) >= 11 is 1.45. The Hall–Kier alpha value is -3.66. The number of non-ortho nitro benzene ring substituents is 1. The van der Waals surface area contributed by atoms with Gasteiger partial charge in [0.25, 0.3) is 5.69 Å². The third-order valence-electron chi connectivity index (χ3n) is 4.45. The van der Waals surface area contributed by atoms with Gasteiger partial charge in [0.15, 0.2) is 0 Å². The highest BCUT2D eigenvalue weighted by Crippen LogP contribution is 2.26. The molecule has 0 radical (unpaired) electrons. The Kier molecular flexibility index (Phi) is 3.66. The number of aromatic nitrogens is 6. The molecule has 0 aliphatic rings. The van der Waals surface area contributed by atoms with E-state index in [1.165, 1.54) is 23.5 Å². The average molecular weight is 391 g/mol. The van der Waals surface area contributed by atoms with Gasteiger partial charge >= 0.3 is 0 Å². The van der Waals surface area contributed by atoms with Crippen molar-refractivity contribution in [2.24, 2.45) is 0 Å².